The summed E-state index contributed by atoms with van der Waals surface area (Å²) >= 11 is 0. The second-order valence-corrected chi connectivity index (χ2v) is 5.13. The van der Waals surface area contributed by atoms with E-state index in [2.05, 4.69) is 22.2 Å². The zero-order valence-corrected chi connectivity index (χ0v) is 12.3. The quantitative estimate of drug-likeness (QED) is 0.859. The third-order valence-corrected chi connectivity index (χ3v) is 3.64. The van der Waals surface area contributed by atoms with Crippen molar-refractivity contribution < 1.29 is 9.53 Å². The lowest BCUT2D eigenvalue weighted by Crippen LogP contribution is -2.46. The normalized spacial score (nSPS) is 16.9. The second-order valence-electron chi connectivity index (χ2n) is 5.13. The maximum absolute atomic E-state index is 12.0. The number of methoxy groups -OCH3 is 1. The molecule has 1 amide bonds. The Morgan fingerprint density at radius 1 is 1.30 bits per heavy atom. The molecule has 0 aromatic heterocycles. The highest BCUT2D eigenvalue weighted by molar-refractivity contribution is 5.94. The first-order chi connectivity index (χ1) is 9.69. The van der Waals surface area contributed by atoms with Gasteiger partial charge in [0.05, 0.1) is 7.11 Å². The molecule has 20 heavy (non-hydrogen) atoms. The number of rotatable bonds is 5. The topological polar surface area (TPSA) is 44.8 Å². The summed E-state index contributed by atoms with van der Waals surface area (Å²) in [5, 5.41) is 2.96. The van der Waals surface area contributed by atoms with Gasteiger partial charge in [-0.2, -0.15) is 0 Å². The van der Waals surface area contributed by atoms with Gasteiger partial charge in [-0.25, -0.2) is 0 Å². The number of nitrogens with zero attached hydrogens (tertiary/aromatic N) is 2. The summed E-state index contributed by atoms with van der Waals surface area (Å²) in [6.07, 6.45) is 0. The number of nitrogens with one attached hydrogen (secondary N) is 1. The highest BCUT2D eigenvalue weighted by Gasteiger charge is 2.13. The highest BCUT2D eigenvalue weighted by atomic mass is 16.5. The Labute approximate surface area is 120 Å². The van der Waals surface area contributed by atoms with Crippen LogP contribution in [0.3, 0.4) is 0 Å². The Morgan fingerprint density at radius 2 is 2.05 bits per heavy atom. The van der Waals surface area contributed by atoms with Crippen molar-refractivity contribution in [3.63, 3.8) is 0 Å². The zero-order valence-electron chi connectivity index (χ0n) is 12.3. The lowest BCUT2D eigenvalue weighted by Gasteiger charge is -2.32. The van der Waals surface area contributed by atoms with E-state index in [4.69, 9.17) is 4.74 Å². The molecule has 1 aromatic carbocycles. The van der Waals surface area contributed by atoms with Gasteiger partial charge in [-0.3, -0.25) is 9.69 Å². The van der Waals surface area contributed by atoms with Gasteiger partial charge in [-0.1, -0.05) is 6.07 Å². The van der Waals surface area contributed by atoms with Crippen LogP contribution in [0, 0.1) is 0 Å². The van der Waals surface area contributed by atoms with Crippen molar-refractivity contribution in [2.75, 3.05) is 53.4 Å². The standard InChI is InChI=1S/C15H23N3O2/c1-17-8-10-18(11-9-17)7-6-16-15(19)13-4-3-5-14(12-13)20-2/h3-5,12H,6-11H2,1-2H3,(H,16,19). The van der Waals surface area contributed by atoms with Gasteiger partial charge >= 0.3 is 0 Å². The highest BCUT2D eigenvalue weighted by Crippen LogP contribution is 2.12. The van der Waals surface area contributed by atoms with E-state index in [1.54, 1.807) is 19.2 Å². The van der Waals surface area contributed by atoms with Gasteiger partial charge in [-0.05, 0) is 25.2 Å². The summed E-state index contributed by atoms with van der Waals surface area (Å²) < 4.78 is 5.12. The predicted molar refractivity (Wildman–Crippen MR) is 79.3 cm³/mol. The van der Waals surface area contributed by atoms with Crippen molar-refractivity contribution >= 4 is 5.91 Å². The van der Waals surface area contributed by atoms with E-state index in [0.717, 1.165) is 32.7 Å². The monoisotopic (exact) mass is 277 g/mol. The van der Waals surface area contributed by atoms with Crippen LogP contribution < -0.4 is 10.1 Å². The van der Waals surface area contributed by atoms with Crippen molar-refractivity contribution in [1.29, 1.82) is 0 Å². The molecule has 5 heteroatoms. The molecule has 110 valence electrons. The number of carbonyl (C=O) groups is 1. The molecule has 0 radical (unpaired) electrons. The average molecular weight is 277 g/mol. The van der Waals surface area contributed by atoms with E-state index >= 15 is 0 Å². The second kappa shape index (κ2) is 7.26. The van der Waals surface area contributed by atoms with Crippen LogP contribution in [0.5, 0.6) is 5.75 Å². The summed E-state index contributed by atoms with van der Waals surface area (Å²) in [6.45, 7) is 5.94. The van der Waals surface area contributed by atoms with Crippen molar-refractivity contribution in [3.05, 3.63) is 29.8 Å². The van der Waals surface area contributed by atoms with Crippen LogP contribution in [-0.4, -0.2) is 69.1 Å². The largest absolute Gasteiger partial charge is 0.497 e. The van der Waals surface area contributed by atoms with Crippen LogP contribution in [0.25, 0.3) is 0 Å². The molecule has 1 aliphatic heterocycles. The van der Waals surface area contributed by atoms with Gasteiger partial charge in [0.25, 0.3) is 5.91 Å². The van der Waals surface area contributed by atoms with Gasteiger partial charge in [0.15, 0.2) is 0 Å². The van der Waals surface area contributed by atoms with Crippen LogP contribution in [0.4, 0.5) is 0 Å². The predicted octanol–water partition coefficient (Wildman–Crippen LogP) is 0.672. The molecule has 0 atom stereocenters. The van der Waals surface area contributed by atoms with E-state index < -0.39 is 0 Å². The Bertz CT molecular complexity index is 442. The van der Waals surface area contributed by atoms with Crippen molar-refractivity contribution in [2.24, 2.45) is 0 Å². The number of likely N-dealkylation sites (N-methyl/N-ethyl adjacent to an activating group) is 1. The number of amides is 1. The minimum atomic E-state index is -0.0435. The summed E-state index contributed by atoms with van der Waals surface area (Å²) in [4.78, 5) is 16.7. The number of hydrogen-bond acceptors (Lipinski definition) is 4. The summed E-state index contributed by atoms with van der Waals surface area (Å²) in [7, 11) is 3.74. The van der Waals surface area contributed by atoms with Crippen LogP contribution in [0.2, 0.25) is 0 Å². The number of piperazine rings is 1. The van der Waals surface area contributed by atoms with Gasteiger partial charge < -0.3 is 15.0 Å². The van der Waals surface area contributed by atoms with Crippen LogP contribution in [0.1, 0.15) is 10.4 Å². The number of ether oxygens (including phenoxy) is 1. The fourth-order valence-corrected chi connectivity index (χ4v) is 2.27. The molecule has 0 spiro atoms. The maximum atomic E-state index is 12.0. The number of benzene rings is 1. The first-order valence-corrected chi connectivity index (χ1v) is 7.02. The number of hydrogen-bond donors (Lipinski definition) is 1. The molecule has 0 bridgehead atoms. The van der Waals surface area contributed by atoms with Gasteiger partial charge in [-0.15, -0.1) is 0 Å². The molecule has 1 N–H and O–H groups in total. The molecule has 1 saturated heterocycles. The Kier molecular flexibility index (Phi) is 5.38. The minimum Gasteiger partial charge on any atom is -0.497 e. The number of carbonyl (C=O) groups excluding carboxylic acids is 1. The molecule has 1 fully saturated rings. The fourth-order valence-electron chi connectivity index (χ4n) is 2.27. The van der Waals surface area contributed by atoms with Crippen LogP contribution in [-0.2, 0) is 0 Å². The lowest BCUT2D eigenvalue weighted by atomic mass is 10.2. The summed E-state index contributed by atoms with van der Waals surface area (Å²) in [5.74, 6) is 0.662. The van der Waals surface area contributed by atoms with E-state index in [-0.39, 0.29) is 5.91 Å². The third kappa shape index (κ3) is 4.21. The molecular formula is C15H23N3O2. The molecular weight excluding hydrogens is 254 g/mol. The van der Waals surface area contributed by atoms with Crippen molar-refractivity contribution in [3.8, 4) is 5.75 Å². The molecule has 2 rings (SSSR count). The first kappa shape index (κ1) is 14.8. The zero-order chi connectivity index (χ0) is 14.4. The first-order valence-electron chi connectivity index (χ1n) is 7.02. The average Bonchev–Trinajstić information content (AvgIpc) is 2.49. The molecule has 1 heterocycles. The summed E-state index contributed by atoms with van der Waals surface area (Å²) in [5.41, 5.74) is 0.641. The fraction of sp³-hybridized carbons (Fsp3) is 0.533. The Balaban J connectivity index is 1.74. The molecule has 5 nitrogen and oxygen atoms in total. The molecule has 0 aliphatic carbocycles. The molecule has 1 aromatic rings. The van der Waals surface area contributed by atoms with Gasteiger partial charge in [0, 0.05) is 44.8 Å². The molecule has 1 aliphatic rings. The van der Waals surface area contributed by atoms with E-state index in [0.29, 0.717) is 17.9 Å². The molecule has 0 saturated carbocycles. The lowest BCUT2D eigenvalue weighted by molar-refractivity contribution is 0.0940. The van der Waals surface area contributed by atoms with Gasteiger partial charge in [0.1, 0.15) is 5.75 Å². The van der Waals surface area contributed by atoms with E-state index in [9.17, 15) is 4.79 Å². The molecule has 0 unspecified atom stereocenters. The van der Waals surface area contributed by atoms with Crippen LogP contribution in [0.15, 0.2) is 24.3 Å². The van der Waals surface area contributed by atoms with E-state index in [1.165, 1.54) is 0 Å². The smallest absolute Gasteiger partial charge is 0.251 e. The minimum absolute atomic E-state index is 0.0435. The van der Waals surface area contributed by atoms with Gasteiger partial charge in [0.2, 0.25) is 0 Å². The SMILES string of the molecule is COc1cccc(C(=O)NCCN2CCN(C)CC2)c1. The Hall–Kier alpha value is -1.59. The van der Waals surface area contributed by atoms with Crippen molar-refractivity contribution in [2.45, 2.75) is 0 Å². The Morgan fingerprint density at radius 3 is 2.75 bits per heavy atom. The van der Waals surface area contributed by atoms with Crippen LogP contribution >= 0.6 is 0 Å². The summed E-state index contributed by atoms with van der Waals surface area (Å²) in [6, 6.07) is 7.22. The van der Waals surface area contributed by atoms with Crippen molar-refractivity contribution in [1.82, 2.24) is 15.1 Å². The maximum Gasteiger partial charge on any atom is 0.251 e. The third-order valence-electron chi connectivity index (χ3n) is 3.64. The van der Waals surface area contributed by atoms with E-state index in [1.807, 2.05) is 12.1 Å².